The predicted octanol–water partition coefficient (Wildman–Crippen LogP) is 4.68. The zero-order valence-corrected chi connectivity index (χ0v) is 24.1. The van der Waals surface area contributed by atoms with Crippen molar-refractivity contribution in [3.05, 3.63) is 58.6 Å². The normalized spacial score (nSPS) is 14.7. The molecule has 0 heterocycles. The molecular weight excluding hydrogens is 526 g/mol. The highest BCUT2D eigenvalue weighted by atomic mass is 35.5. The molecule has 2 amide bonds. The zero-order valence-electron chi connectivity index (χ0n) is 22.6. The molecule has 0 aliphatic heterocycles. The Morgan fingerprint density at radius 2 is 1.79 bits per heavy atom. The number of sulfonamides is 1. The summed E-state index contributed by atoms with van der Waals surface area (Å²) in [6.45, 7) is 3.93. The first kappa shape index (κ1) is 29.8. The fourth-order valence-electron chi connectivity index (χ4n) is 4.74. The third-order valence-corrected chi connectivity index (χ3v) is 8.39. The lowest BCUT2D eigenvalue weighted by Crippen LogP contribution is -2.49. The number of benzene rings is 2. The van der Waals surface area contributed by atoms with Gasteiger partial charge in [0.1, 0.15) is 11.8 Å². The molecule has 1 aliphatic rings. The van der Waals surface area contributed by atoms with Crippen LogP contribution in [0.4, 0.5) is 5.69 Å². The molecule has 208 valence electrons. The van der Waals surface area contributed by atoms with Gasteiger partial charge in [-0.05, 0) is 68.5 Å². The fraction of sp³-hybridized carbons (Fsp3) is 0.500. The molecule has 1 aliphatic carbocycles. The van der Waals surface area contributed by atoms with Crippen LogP contribution in [0.25, 0.3) is 0 Å². The first-order valence-corrected chi connectivity index (χ1v) is 15.2. The third-order valence-electron chi connectivity index (χ3n) is 6.97. The Bertz CT molecular complexity index is 1210. The van der Waals surface area contributed by atoms with Crippen LogP contribution in [0.3, 0.4) is 0 Å². The van der Waals surface area contributed by atoms with Gasteiger partial charge >= 0.3 is 0 Å². The van der Waals surface area contributed by atoms with Gasteiger partial charge in [-0.15, -0.1) is 0 Å². The van der Waals surface area contributed by atoms with E-state index < -0.39 is 16.1 Å². The van der Waals surface area contributed by atoms with Gasteiger partial charge in [0.15, 0.2) is 0 Å². The van der Waals surface area contributed by atoms with Crippen LogP contribution in [-0.4, -0.2) is 57.1 Å². The van der Waals surface area contributed by atoms with E-state index in [4.69, 9.17) is 16.3 Å². The van der Waals surface area contributed by atoms with Crippen molar-refractivity contribution in [3.63, 3.8) is 0 Å². The lowest BCUT2D eigenvalue weighted by molar-refractivity contribution is -0.141. The average molecular weight is 564 g/mol. The highest BCUT2D eigenvalue weighted by molar-refractivity contribution is 7.92. The van der Waals surface area contributed by atoms with E-state index in [9.17, 15) is 18.0 Å². The number of nitrogens with one attached hydrogen (secondary N) is 1. The lowest BCUT2D eigenvalue weighted by atomic mass is 10.1. The number of aryl methyl sites for hydroxylation is 1. The van der Waals surface area contributed by atoms with Gasteiger partial charge in [-0.3, -0.25) is 13.9 Å². The van der Waals surface area contributed by atoms with Gasteiger partial charge in [-0.25, -0.2) is 8.42 Å². The first-order chi connectivity index (χ1) is 18.0. The van der Waals surface area contributed by atoms with Crippen LogP contribution in [0, 0.1) is 6.92 Å². The molecule has 0 aromatic heterocycles. The molecule has 1 fully saturated rings. The third kappa shape index (κ3) is 8.11. The lowest BCUT2D eigenvalue weighted by Gasteiger charge is -2.30. The molecule has 3 rings (SSSR count). The van der Waals surface area contributed by atoms with Crippen molar-refractivity contribution in [2.75, 3.05) is 24.2 Å². The molecule has 10 heteroatoms. The van der Waals surface area contributed by atoms with Crippen LogP contribution in [0.1, 0.15) is 56.6 Å². The van der Waals surface area contributed by atoms with E-state index in [1.807, 2.05) is 31.2 Å². The second-order valence-electron chi connectivity index (χ2n) is 9.91. The number of carbonyl (C=O) groups is 2. The van der Waals surface area contributed by atoms with Crippen LogP contribution in [0.2, 0.25) is 5.02 Å². The molecule has 38 heavy (non-hydrogen) atoms. The Balaban J connectivity index is 1.74. The maximum atomic E-state index is 13.5. The van der Waals surface area contributed by atoms with Crippen molar-refractivity contribution >= 4 is 39.1 Å². The van der Waals surface area contributed by atoms with Crippen LogP contribution in [0.15, 0.2) is 42.5 Å². The minimum atomic E-state index is -3.60. The number of nitrogens with zero attached hydrogens (tertiary/aromatic N) is 2. The summed E-state index contributed by atoms with van der Waals surface area (Å²) in [5.41, 5.74) is 2.13. The molecule has 1 atom stereocenters. The van der Waals surface area contributed by atoms with Gasteiger partial charge in [0.05, 0.1) is 19.1 Å². The molecule has 1 N–H and O–H groups in total. The monoisotopic (exact) mass is 563 g/mol. The van der Waals surface area contributed by atoms with Gasteiger partial charge < -0.3 is 15.0 Å². The van der Waals surface area contributed by atoms with Gasteiger partial charge in [0, 0.05) is 30.6 Å². The zero-order chi connectivity index (χ0) is 27.9. The molecule has 2 aromatic carbocycles. The number of methoxy groups -OCH3 is 1. The number of ether oxygens (including phenoxy) is 1. The second-order valence-corrected chi connectivity index (χ2v) is 12.2. The quantitative estimate of drug-likeness (QED) is 0.404. The van der Waals surface area contributed by atoms with Crippen LogP contribution >= 0.6 is 11.6 Å². The summed E-state index contributed by atoms with van der Waals surface area (Å²) in [6, 6.07) is 11.9. The molecular formula is C28H38ClN3O5S. The Morgan fingerprint density at radius 1 is 1.13 bits per heavy atom. The maximum absolute atomic E-state index is 13.5. The molecule has 1 saturated carbocycles. The van der Waals surface area contributed by atoms with Crippen molar-refractivity contribution in [3.8, 4) is 5.75 Å². The van der Waals surface area contributed by atoms with E-state index in [1.54, 1.807) is 37.1 Å². The molecule has 0 radical (unpaired) electrons. The van der Waals surface area contributed by atoms with Crippen molar-refractivity contribution in [1.29, 1.82) is 0 Å². The fourth-order valence-corrected chi connectivity index (χ4v) is 5.92. The Hall–Kier alpha value is -2.78. The summed E-state index contributed by atoms with van der Waals surface area (Å²) in [4.78, 5) is 28.1. The standard InChI is InChI=1S/C28H38ClN3O5S/c1-20-11-14-23(29)18-26(20)32(38(4,35)36)17-7-10-27(33)31(19-22-12-15-25(37-3)16-13-22)21(2)28(34)30-24-8-5-6-9-24/h11-16,18,21,24H,5-10,17,19H2,1-4H3,(H,30,34). The number of hydrogen-bond acceptors (Lipinski definition) is 5. The van der Waals surface area contributed by atoms with Gasteiger partial charge in [-0.1, -0.05) is 42.6 Å². The molecule has 8 nitrogen and oxygen atoms in total. The van der Waals surface area contributed by atoms with Crippen LogP contribution < -0.4 is 14.4 Å². The number of hydrogen-bond donors (Lipinski definition) is 1. The highest BCUT2D eigenvalue weighted by Gasteiger charge is 2.29. The largest absolute Gasteiger partial charge is 0.497 e. The van der Waals surface area contributed by atoms with Gasteiger partial charge in [-0.2, -0.15) is 0 Å². The first-order valence-electron chi connectivity index (χ1n) is 13.0. The minimum absolute atomic E-state index is 0.0861. The molecule has 0 saturated heterocycles. The van der Waals surface area contributed by atoms with Crippen LogP contribution in [-0.2, 0) is 26.2 Å². The summed E-state index contributed by atoms with van der Waals surface area (Å²) in [5.74, 6) is 0.313. The molecule has 2 aromatic rings. The Morgan fingerprint density at radius 3 is 2.39 bits per heavy atom. The van der Waals surface area contributed by atoms with Gasteiger partial charge in [0.2, 0.25) is 21.8 Å². The summed E-state index contributed by atoms with van der Waals surface area (Å²) in [6.07, 6.45) is 5.61. The smallest absolute Gasteiger partial charge is 0.242 e. The maximum Gasteiger partial charge on any atom is 0.242 e. The van der Waals surface area contributed by atoms with Crippen molar-refractivity contribution in [2.45, 2.75) is 71.0 Å². The average Bonchev–Trinajstić information content (AvgIpc) is 3.39. The number of amides is 2. The van der Waals surface area contributed by atoms with E-state index in [1.165, 1.54) is 4.31 Å². The van der Waals surface area contributed by atoms with Crippen molar-refractivity contribution in [1.82, 2.24) is 10.2 Å². The number of rotatable bonds is 12. The van der Waals surface area contributed by atoms with Crippen LogP contribution in [0.5, 0.6) is 5.75 Å². The number of anilines is 1. The van der Waals surface area contributed by atoms with E-state index in [0.29, 0.717) is 16.5 Å². The molecule has 0 bridgehead atoms. The molecule has 0 spiro atoms. The van der Waals surface area contributed by atoms with Crippen molar-refractivity contribution in [2.24, 2.45) is 0 Å². The van der Waals surface area contributed by atoms with E-state index in [0.717, 1.165) is 43.1 Å². The summed E-state index contributed by atoms with van der Waals surface area (Å²) in [7, 11) is -2.01. The summed E-state index contributed by atoms with van der Waals surface area (Å²) in [5, 5.41) is 3.53. The van der Waals surface area contributed by atoms with E-state index in [2.05, 4.69) is 5.32 Å². The van der Waals surface area contributed by atoms with Gasteiger partial charge in [0.25, 0.3) is 0 Å². The Kier molecular flexibility index (Phi) is 10.4. The predicted molar refractivity (Wildman–Crippen MR) is 151 cm³/mol. The SMILES string of the molecule is COc1ccc(CN(C(=O)CCCN(c2cc(Cl)ccc2C)S(C)(=O)=O)C(C)C(=O)NC2CCCC2)cc1. The van der Waals surface area contributed by atoms with Crippen molar-refractivity contribution < 1.29 is 22.7 Å². The summed E-state index contributed by atoms with van der Waals surface area (Å²) >= 11 is 6.13. The number of carbonyl (C=O) groups excluding carboxylic acids is 2. The second kappa shape index (κ2) is 13.3. The minimum Gasteiger partial charge on any atom is -0.497 e. The van der Waals surface area contributed by atoms with E-state index in [-0.39, 0.29) is 43.8 Å². The number of halogens is 1. The molecule has 1 unspecified atom stereocenters. The van der Waals surface area contributed by atoms with E-state index >= 15 is 0 Å². The topological polar surface area (TPSA) is 96.0 Å². The highest BCUT2D eigenvalue weighted by Crippen LogP contribution is 2.27. The summed E-state index contributed by atoms with van der Waals surface area (Å²) < 4.78 is 31.7. The Labute approximate surface area is 231 Å².